The Labute approximate surface area is 120 Å². The molecule has 0 aromatic heterocycles. The van der Waals surface area contributed by atoms with Crippen molar-refractivity contribution in [2.24, 2.45) is 0 Å². The molecule has 0 aromatic carbocycles. The van der Waals surface area contributed by atoms with E-state index < -0.39 is 0 Å². The van der Waals surface area contributed by atoms with Crippen LogP contribution in [0.4, 0.5) is 0 Å². The van der Waals surface area contributed by atoms with Crippen LogP contribution >= 0.6 is 0 Å². The molecule has 4 unspecified atom stereocenters. The molecule has 3 aliphatic rings. The van der Waals surface area contributed by atoms with E-state index in [1.165, 1.54) is 19.4 Å². The summed E-state index contributed by atoms with van der Waals surface area (Å²) >= 11 is 0. The van der Waals surface area contributed by atoms with E-state index in [9.17, 15) is 4.79 Å². The summed E-state index contributed by atoms with van der Waals surface area (Å²) in [4.78, 5) is 14.6. The molecule has 3 N–H and O–H groups in total. The first-order valence-corrected chi connectivity index (χ1v) is 7.82. The maximum atomic E-state index is 12.1. The Bertz CT molecular complexity index is 344. The molecule has 0 spiro atoms. The molecule has 0 saturated carbocycles. The minimum Gasteiger partial charge on any atom is -0.373 e. The van der Waals surface area contributed by atoms with Crippen molar-refractivity contribution in [2.75, 3.05) is 39.3 Å². The fourth-order valence-corrected chi connectivity index (χ4v) is 3.31. The summed E-state index contributed by atoms with van der Waals surface area (Å²) in [6, 6.07) is 0.940. The summed E-state index contributed by atoms with van der Waals surface area (Å²) in [5.74, 6) is 0.0801. The van der Waals surface area contributed by atoms with Crippen LogP contribution in [0.25, 0.3) is 0 Å². The number of nitrogens with one attached hydrogen (secondary N) is 3. The second-order valence-corrected chi connectivity index (χ2v) is 6.26. The van der Waals surface area contributed by atoms with Crippen LogP contribution in [0.5, 0.6) is 0 Å². The molecular formula is C14H26N4O2. The van der Waals surface area contributed by atoms with E-state index in [4.69, 9.17) is 4.74 Å². The number of fused-ring (bicyclic) bond motifs is 1. The van der Waals surface area contributed by atoms with Gasteiger partial charge in [0, 0.05) is 38.3 Å². The molecule has 1 amide bonds. The van der Waals surface area contributed by atoms with Gasteiger partial charge in [-0.2, -0.15) is 0 Å². The maximum absolute atomic E-state index is 12.1. The Hall–Kier alpha value is -0.690. The summed E-state index contributed by atoms with van der Waals surface area (Å²) < 4.78 is 5.85. The zero-order valence-electron chi connectivity index (χ0n) is 12.2. The highest BCUT2D eigenvalue weighted by Gasteiger charge is 2.32. The van der Waals surface area contributed by atoms with Gasteiger partial charge in [0.2, 0.25) is 5.91 Å². The van der Waals surface area contributed by atoms with Crippen molar-refractivity contribution >= 4 is 5.91 Å². The smallest absolute Gasteiger partial charge is 0.238 e. The number of hydrogen-bond acceptors (Lipinski definition) is 5. The first kappa shape index (κ1) is 14.3. The average molecular weight is 282 g/mol. The van der Waals surface area contributed by atoms with E-state index >= 15 is 0 Å². The highest BCUT2D eigenvalue weighted by molar-refractivity contribution is 5.82. The normalized spacial score (nSPS) is 38.5. The molecule has 0 aromatic rings. The molecule has 3 aliphatic heterocycles. The standard InChI is InChI=1S/C14H26N4O2/c1-10-5-16-13(7-15-10)14(19)17-6-12-8-18-4-2-3-11(18)9-20-12/h10-13,15-16H,2-9H2,1H3,(H,17,19). The van der Waals surface area contributed by atoms with Crippen molar-refractivity contribution in [1.29, 1.82) is 0 Å². The summed E-state index contributed by atoms with van der Waals surface area (Å²) in [5, 5.41) is 9.61. The third-order valence-electron chi connectivity index (χ3n) is 4.62. The van der Waals surface area contributed by atoms with E-state index in [-0.39, 0.29) is 18.1 Å². The van der Waals surface area contributed by atoms with Gasteiger partial charge in [0.15, 0.2) is 0 Å². The van der Waals surface area contributed by atoms with Gasteiger partial charge in [-0.3, -0.25) is 9.69 Å². The van der Waals surface area contributed by atoms with Crippen molar-refractivity contribution in [3.8, 4) is 0 Å². The third-order valence-corrected chi connectivity index (χ3v) is 4.62. The highest BCUT2D eigenvalue weighted by atomic mass is 16.5. The van der Waals surface area contributed by atoms with E-state index in [1.807, 2.05) is 0 Å². The minimum absolute atomic E-state index is 0.0801. The molecule has 6 nitrogen and oxygen atoms in total. The Morgan fingerprint density at radius 1 is 1.40 bits per heavy atom. The predicted octanol–water partition coefficient (Wildman–Crippen LogP) is -1.08. The molecule has 114 valence electrons. The number of hydrogen-bond donors (Lipinski definition) is 3. The number of carbonyl (C=O) groups is 1. The lowest BCUT2D eigenvalue weighted by Crippen LogP contribution is -2.60. The molecule has 20 heavy (non-hydrogen) atoms. The third kappa shape index (κ3) is 3.31. The fourth-order valence-electron chi connectivity index (χ4n) is 3.31. The molecule has 3 saturated heterocycles. The summed E-state index contributed by atoms with van der Waals surface area (Å²) in [6.07, 6.45) is 2.68. The average Bonchev–Trinajstić information content (AvgIpc) is 2.93. The van der Waals surface area contributed by atoms with Crippen molar-refractivity contribution in [1.82, 2.24) is 20.9 Å². The number of carbonyl (C=O) groups excluding carboxylic acids is 1. The lowest BCUT2D eigenvalue weighted by Gasteiger charge is -2.35. The second kappa shape index (κ2) is 6.39. The highest BCUT2D eigenvalue weighted by Crippen LogP contribution is 2.22. The summed E-state index contributed by atoms with van der Waals surface area (Å²) in [7, 11) is 0. The second-order valence-electron chi connectivity index (χ2n) is 6.26. The van der Waals surface area contributed by atoms with Gasteiger partial charge < -0.3 is 20.7 Å². The molecule has 0 bridgehead atoms. The number of amides is 1. The van der Waals surface area contributed by atoms with Gasteiger partial charge in [-0.05, 0) is 26.3 Å². The SMILES string of the molecule is CC1CNC(C(=O)NCC2CN3CCCC3CO2)CN1. The zero-order valence-corrected chi connectivity index (χ0v) is 12.2. The number of rotatable bonds is 3. The van der Waals surface area contributed by atoms with Crippen LogP contribution in [0.1, 0.15) is 19.8 Å². The van der Waals surface area contributed by atoms with Crippen LogP contribution in [0, 0.1) is 0 Å². The summed E-state index contributed by atoms with van der Waals surface area (Å²) in [5.41, 5.74) is 0. The Balaban J connectivity index is 1.39. The molecule has 3 rings (SSSR count). The van der Waals surface area contributed by atoms with Crippen LogP contribution in [0.2, 0.25) is 0 Å². The van der Waals surface area contributed by atoms with Gasteiger partial charge in [0.1, 0.15) is 0 Å². The molecule has 0 radical (unpaired) electrons. The fraction of sp³-hybridized carbons (Fsp3) is 0.929. The maximum Gasteiger partial charge on any atom is 0.238 e. The number of morpholine rings is 1. The monoisotopic (exact) mass is 282 g/mol. The largest absolute Gasteiger partial charge is 0.373 e. The first-order chi connectivity index (χ1) is 9.72. The van der Waals surface area contributed by atoms with Crippen LogP contribution in [0.3, 0.4) is 0 Å². The zero-order chi connectivity index (χ0) is 13.9. The van der Waals surface area contributed by atoms with Crippen molar-refractivity contribution in [2.45, 2.75) is 44.0 Å². The molecule has 4 atom stereocenters. The molecule has 3 heterocycles. The van der Waals surface area contributed by atoms with Gasteiger partial charge in [0.25, 0.3) is 0 Å². The van der Waals surface area contributed by atoms with Gasteiger partial charge in [-0.15, -0.1) is 0 Å². The van der Waals surface area contributed by atoms with Crippen LogP contribution in [0.15, 0.2) is 0 Å². The van der Waals surface area contributed by atoms with Crippen LogP contribution in [-0.4, -0.2) is 74.4 Å². The van der Waals surface area contributed by atoms with Crippen LogP contribution in [-0.2, 0) is 9.53 Å². The lowest BCUT2D eigenvalue weighted by molar-refractivity contribution is -0.124. The first-order valence-electron chi connectivity index (χ1n) is 7.82. The number of ether oxygens (including phenoxy) is 1. The van der Waals surface area contributed by atoms with Crippen molar-refractivity contribution in [3.63, 3.8) is 0 Å². The predicted molar refractivity (Wildman–Crippen MR) is 76.6 cm³/mol. The molecule has 0 aliphatic carbocycles. The van der Waals surface area contributed by atoms with Gasteiger partial charge in [-0.1, -0.05) is 0 Å². The quantitative estimate of drug-likeness (QED) is 0.614. The summed E-state index contributed by atoms with van der Waals surface area (Å²) in [6.45, 7) is 7.24. The van der Waals surface area contributed by atoms with E-state index in [0.717, 1.165) is 19.7 Å². The lowest BCUT2D eigenvalue weighted by atomic mass is 10.1. The Morgan fingerprint density at radius 3 is 3.10 bits per heavy atom. The molecule has 6 heteroatoms. The molecule has 3 fully saturated rings. The topological polar surface area (TPSA) is 65.6 Å². The Kier molecular flexibility index (Phi) is 4.55. The Morgan fingerprint density at radius 2 is 2.30 bits per heavy atom. The van der Waals surface area contributed by atoms with Gasteiger partial charge in [-0.25, -0.2) is 0 Å². The van der Waals surface area contributed by atoms with E-state index in [2.05, 4.69) is 27.8 Å². The van der Waals surface area contributed by atoms with Crippen molar-refractivity contribution < 1.29 is 9.53 Å². The van der Waals surface area contributed by atoms with E-state index in [0.29, 0.717) is 25.2 Å². The van der Waals surface area contributed by atoms with Gasteiger partial charge in [0.05, 0.1) is 18.8 Å². The minimum atomic E-state index is -0.116. The number of nitrogens with zero attached hydrogens (tertiary/aromatic N) is 1. The number of piperazine rings is 1. The van der Waals surface area contributed by atoms with E-state index in [1.54, 1.807) is 0 Å². The van der Waals surface area contributed by atoms with Gasteiger partial charge >= 0.3 is 0 Å². The molecular weight excluding hydrogens is 256 g/mol. The van der Waals surface area contributed by atoms with Crippen molar-refractivity contribution in [3.05, 3.63) is 0 Å². The van der Waals surface area contributed by atoms with Crippen LogP contribution < -0.4 is 16.0 Å².